The summed E-state index contributed by atoms with van der Waals surface area (Å²) in [5.41, 5.74) is 3.54. The fourth-order valence-electron chi connectivity index (χ4n) is 4.14. The predicted octanol–water partition coefficient (Wildman–Crippen LogP) is 4.29. The zero-order valence-electron chi connectivity index (χ0n) is 14.3. The summed E-state index contributed by atoms with van der Waals surface area (Å²) in [4.78, 5) is 2.31. The van der Waals surface area contributed by atoms with Gasteiger partial charge < -0.3 is 9.30 Å². The van der Waals surface area contributed by atoms with Gasteiger partial charge in [-0.1, -0.05) is 54.6 Å². The van der Waals surface area contributed by atoms with E-state index in [0.29, 0.717) is 6.29 Å². The van der Waals surface area contributed by atoms with Gasteiger partial charge in [-0.25, -0.2) is 0 Å². The van der Waals surface area contributed by atoms with Gasteiger partial charge in [-0.05, 0) is 36.4 Å². The molecule has 0 amide bonds. The summed E-state index contributed by atoms with van der Waals surface area (Å²) in [6, 6.07) is 19.0. The molecule has 2 aliphatic heterocycles. The average molecular weight is 341 g/mol. The van der Waals surface area contributed by atoms with Crippen LogP contribution < -0.4 is 0 Å². The molecule has 2 atom stereocenters. The molecule has 0 aromatic heterocycles. The minimum absolute atomic E-state index is 0.00240. The Kier molecular flexibility index (Phi) is 3.91. The minimum Gasteiger partial charge on any atom is -0.356 e. The maximum atomic E-state index is 12.2. The molecule has 0 bridgehead atoms. The number of hydrogen-bond donors (Lipinski definition) is 0. The first-order valence-electron chi connectivity index (χ1n) is 8.55. The van der Waals surface area contributed by atoms with E-state index in [0.717, 1.165) is 19.5 Å². The van der Waals surface area contributed by atoms with E-state index in [1.165, 1.54) is 16.7 Å². The van der Waals surface area contributed by atoms with Crippen molar-refractivity contribution in [3.63, 3.8) is 0 Å². The van der Waals surface area contributed by atoms with E-state index in [2.05, 4.69) is 53.4 Å². The van der Waals surface area contributed by atoms with Crippen molar-refractivity contribution in [2.45, 2.75) is 18.1 Å². The monoisotopic (exact) mass is 341 g/mol. The summed E-state index contributed by atoms with van der Waals surface area (Å²) in [5, 5.41) is 0. The van der Waals surface area contributed by atoms with Crippen LogP contribution in [0.1, 0.15) is 29.2 Å². The van der Waals surface area contributed by atoms with Gasteiger partial charge in [0, 0.05) is 13.1 Å². The number of nitrogens with zero attached hydrogens (tertiary/aromatic N) is 1. The second-order valence-electron chi connectivity index (χ2n) is 7.51. The van der Waals surface area contributed by atoms with Crippen molar-refractivity contribution in [3.8, 4) is 0 Å². The lowest BCUT2D eigenvalue weighted by Crippen LogP contribution is -2.31. The Balaban J connectivity index is 1.68. The molecule has 2 aliphatic rings. The number of rotatable bonds is 3. The van der Waals surface area contributed by atoms with Crippen LogP contribution >= 0.6 is 7.14 Å². The zero-order valence-corrected chi connectivity index (χ0v) is 15.2. The molecule has 4 rings (SSSR count). The van der Waals surface area contributed by atoms with Crippen LogP contribution in [-0.2, 0) is 14.9 Å². The summed E-state index contributed by atoms with van der Waals surface area (Å²) >= 11 is 0. The lowest BCUT2D eigenvalue weighted by Gasteiger charge is -2.27. The molecule has 3 nitrogen and oxygen atoms in total. The number of likely N-dealkylation sites (tertiary alicyclic amines) is 1. The highest BCUT2D eigenvalue weighted by Gasteiger charge is 2.49. The molecule has 1 saturated heterocycles. The van der Waals surface area contributed by atoms with Crippen molar-refractivity contribution in [3.05, 3.63) is 71.3 Å². The Morgan fingerprint density at radius 2 is 1.83 bits per heavy atom. The Hall–Kier alpha value is -1.41. The predicted molar refractivity (Wildman–Crippen MR) is 98.0 cm³/mol. The van der Waals surface area contributed by atoms with Gasteiger partial charge in [-0.2, -0.15) is 0 Å². The number of benzene rings is 2. The van der Waals surface area contributed by atoms with E-state index < -0.39 is 7.14 Å². The molecule has 0 N–H and O–H groups in total. The van der Waals surface area contributed by atoms with E-state index in [4.69, 9.17) is 4.74 Å². The fourth-order valence-corrected chi connectivity index (χ4v) is 5.35. The van der Waals surface area contributed by atoms with Gasteiger partial charge in [0.2, 0.25) is 0 Å². The molecular formula is C20H24NO2P. The van der Waals surface area contributed by atoms with E-state index in [9.17, 15) is 4.57 Å². The number of fused-ring (bicyclic) bond motifs is 2. The molecule has 4 heteroatoms. The molecule has 24 heavy (non-hydrogen) atoms. The average Bonchev–Trinajstić information content (AvgIpc) is 3.10. The van der Waals surface area contributed by atoms with Gasteiger partial charge in [-0.15, -0.1) is 0 Å². The molecule has 126 valence electrons. The highest BCUT2D eigenvalue weighted by Crippen LogP contribution is 2.51. The summed E-state index contributed by atoms with van der Waals surface area (Å²) in [5.74, 6) is 0. The maximum Gasteiger partial charge on any atom is 0.109 e. The van der Waals surface area contributed by atoms with Gasteiger partial charge in [0.1, 0.15) is 11.7 Å². The van der Waals surface area contributed by atoms with E-state index in [1.807, 2.05) is 19.4 Å². The Bertz CT molecular complexity index is 785. The first-order chi connectivity index (χ1) is 11.5. The summed E-state index contributed by atoms with van der Waals surface area (Å²) in [6.45, 7) is 5.52. The molecule has 2 aromatic rings. The van der Waals surface area contributed by atoms with Crippen molar-refractivity contribution in [1.82, 2.24) is 4.90 Å². The molecule has 0 saturated carbocycles. The van der Waals surface area contributed by atoms with Crippen LogP contribution in [0, 0.1) is 0 Å². The van der Waals surface area contributed by atoms with Crippen LogP contribution in [-0.4, -0.2) is 37.6 Å². The van der Waals surface area contributed by atoms with Gasteiger partial charge in [0.25, 0.3) is 0 Å². The quantitative estimate of drug-likeness (QED) is 0.780. The maximum absolute atomic E-state index is 12.2. The van der Waals surface area contributed by atoms with E-state index in [-0.39, 0.29) is 11.7 Å². The Morgan fingerprint density at radius 1 is 1.12 bits per heavy atom. The topological polar surface area (TPSA) is 29.5 Å². The molecule has 0 aliphatic carbocycles. The molecule has 0 radical (unpaired) electrons. The third-order valence-corrected chi connectivity index (χ3v) is 6.11. The Morgan fingerprint density at radius 3 is 2.58 bits per heavy atom. The lowest BCUT2D eigenvalue weighted by atomic mass is 9.90. The van der Waals surface area contributed by atoms with Gasteiger partial charge in [0.05, 0.1) is 13.4 Å². The summed E-state index contributed by atoms with van der Waals surface area (Å²) in [7, 11) is -2.06. The largest absolute Gasteiger partial charge is 0.356 e. The Labute approximate surface area is 144 Å². The van der Waals surface area contributed by atoms with Gasteiger partial charge in [-0.3, -0.25) is 4.90 Å². The molecule has 1 spiro atoms. The van der Waals surface area contributed by atoms with Crippen LogP contribution in [0.3, 0.4) is 0 Å². The van der Waals surface area contributed by atoms with E-state index >= 15 is 0 Å². The van der Waals surface area contributed by atoms with Crippen molar-refractivity contribution in [1.29, 1.82) is 0 Å². The molecular weight excluding hydrogens is 317 g/mol. The fraction of sp³-hybridized carbons (Fsp3) is 0.400. The minimum atomic E-state index is -2.06. The number of hydrogen-bond acceptors (Lipinski definition) is 3. The summed E-state index contributed by atoms with van der Waals surface area (Å²) < 4.78 is 18.9. The molecule has 2 heterocycles. The van der Waals surface area contributed by atoms with Gasteiger partial charge in [0.15, 0.2) is 0 Å². The van der Waals surface area contributed by atoms with Crippen LogP contribution in [0.4, 0.5) is 0 Å². The third kappa shape index (κ3) is 2.86. The second-order valence-corrected chi connectivity index (χ2v) is 10.9. The van der Waals surface area contributed by atoms with Crippen LogP contribution in [0.5, 0.6) is 0 Å². The highest BCUT2D eigenvalue weighted by molar-refractivity contribution is 7.62. The van der Waals surface area contributed by atoms with E-state index in [1.54, 1.807) is 0 Å². The smallest absolute Gasteiger partial charge is 0.109 e. The SMILES string of the molecule is CP(C)(=O)CN1CCC2(C1)OC(c1ccccc1)c1ccccc12. The first-order valence-corrected chi connectivity index (χ1v) is 11.3. The highest BCUT2D eigenvalue weighted by atomic mass is 31.2. The second kappa shape index (κ2) is 5.84. The first kappa shape index (κ1) is 16.1. The van der Waals surface area contributed by atoms with Crippen molar-refractivity contribution < 1.29 is 9.30 Å². The summed E-state index contributed by atoms with van der Waals surface area (Å²) in [6.07, 6.45) is 1.64. The van der Waals surface area contributed by atoms with Crippen LogP contribution in [0.2, 0.25) is 0 Å². The third-order valence-electron chi connectivity index (χ3n) is 5.03. The van der Waals surface area contributed by atoms with Crippen molar-refractivity contribution in [2.24, 2.45) is 0 Å². The zero-order chi connectivity index (χ0) is 16.8. The van der Waals surface area contributed by atoms with Crippen molar-refractivity contribution in [2.75, 3.05) is 32.7 Å². The molecule has 1 fully saturated rings. The normalized spacial score (nSPS) is 26.8. The van der Waals surface area contributed by atoms with Crippen LogP contribution in [0.25, 0.3) is 0 Å². The lowest BCUT2D eigenvalue weighted by molar-refractivity contribution is -0.0523. The van der Waals surface area contributed by atoms with Gasteiger partial charge >= 0.3 is 0 Å². The van der Waals surface area contributed by atoms with Crippen molar-refractivity contribution >= 4 is 7.14 Å². The molecule has 2 unspecified atom stereocenters. The molecule has 2 aromatic carbocycles. The van der Waals surface area contributed by atoms with Crippen LogP contribution in [0.15, 0.2) is 54.6 Å². The number of ether oxygens (including phenoxy) is 1. The standard InChI is InChI=1S/C20H24NO2P/c1-24(2,22)15-21-13-12-20(14-21)18-11-7-6-10-17(18)19(23-20)16-8-4-3-5-9-16/h3-11,19H,12-15H2,1-2H3.